The quantitative estimate of drug-likeness (QED) is 0.625. The van der Waals surface area contributed by atoms with Crippen molar-refractivity contribution in [1.82, 2.24) is 0 Å². The van der Waals surface area contributed by atoms with Gasteiger partial charge >= 0.3 is 0 Å². The van der Waals surface area contributed by atoms with Crippen LogP contribution in [0.2, 0.25) is 0 Å². The third kappa shape index (κ3) is 1.04. The number of methoxy groups -OCH3 is 1. The molecule has 3 rings (SSSR count). The Kier molecular flexibility index (Phi) is 1.83. The van der Waals surface area contributed by atoms with Gasteiger partial charge in [-0.2, -0.15) is 0 Å². The van der Waals surface area contributed by atoms with Crippen LogP contribution < -0.4 is 4.74 Å². The van der Waals surface area contributed by atoms with E-state index in [2.05, 4.69) is 0 Å². The van der Waals surface area contributed by atoms with Crippen LogP contribution in [0.1, 0.15) is 15.9 Å². The van der Waals surface area contributed by atoms with Crippen molar-refractivity contribution in [3.63, 3.8) is 0 Å². The zero-order valence-corrected chi connectivity index (χ0v) is 8.86. The van der Waals surface area contributed by atoms with Crippen LogP contribution in [0.15, 0.2) is 42.5 Å². The predicted molar refractivity (Wildman–Crippen MR) is 61.9 cm³/mol. The first-order valence-electron chi connectivity index (χ1n) is 5.14. The van der Waals surface area contributed by atoms with Crippen LogP contribution in [0.3, 0.4) is 0 Å². The normalized spacial score (nSPS) is 12.2. The molecule has 0 saturated heterocycles. The molecule has 0 aromatic heterocycles. The number of rotatable bonds is 1. The van der Waals surface area contributed by atoms with Crippen LogP contribution >= 0.6 is 0 Å². The topological polar surface area (TPSA) is 26.3 Å². The predicted octanol–water partition coefficient (Wildman–Crippen LogP) is 2.91. The molecule has 0 heterocycles. The number of carbonyl (C=O) groups is 1. The van der Waals surface area contributed by atoms with Gasteiger partial charge in [-0.3, -0.25) is 4.79 Å². The zero-order valence-electron chi connectivity index (χ0n) is 8.86. The zero-order chi connectivity index (χ0) is 11.1. The van der Waals surface area contributed by atoms with Gasteiger partial charge in [0, 0.05) is 16.7 Å². The number of hydrogen-bond acceptors (Lipinski definition) is 2. The van der Waals surface area contributed by atoms with Gasteiger partial charge < -0.3 is 4.74 Å². The number of ketones is 1. The molecule has 2 aromatic carbocycles. The maximum Gasteiger partial charge on any atom is 0.194 e. The highest BCUT2D eigenvalue weighted by atomic mass is 16.5. The van der Waals surface area contributed by atoms with Crippen molar-refractivity contribution in [1.29, 1.82) is 0 Å². The van der Waals surface area contributed by atoms with Gasteiger partial charge in [-0.1, -0.05) is 36.4 Å². The van der Waals surface area contributed by atoms with Crippen molar-refractivity contribution in [2.24, 2.45) is 0 Å². The van der Waals surface area contributed by atoms with E-state index < -0.39 is 0 Å². The molecule has 0 saturated carbocycles. The lowest BCUT2D eigenvalue weighted by molar-refractivity contribution is 0.104. The van der Waals surface area contributed by atoms with Gasteiger partial charge in [-0.15, -0.1) is 0 Å². The molecule has 0 aliphatic heterocycles. The van der Waals surface area contributed by atoms with Gasteiger partial charge in [-0.25, -0.2) is 0 Å². The lowest BCUT2D eigenvalue weighted by Crippen LogP contribution is -1.94. The van der Waals surface area contributed by atoms with Crippen LogP contribution in [0, 0.1) is 0 Å². The Balaban J connectivity index is 2.39. The van der Waals surface area contributed by atoms with Gasteiger partial charge in [0.1, 0.15) is 5.75 Å². The molecular formula is C14H10O2. The smallest absolute Gasteiger partial charge is 0.194 e. The summed E-state index contributed by atoms with van der Waals surface area (Å²) in [5.41, 5.74) is 3.40. The Hall–Kier alpha value is -2.09. The van der Waals surface area contributed by atoms with Crippen LogP contribution in [0.4, 0.5) is 0 Å². The van der Waals surface area contributed by atoms with Crippen LogP contribution in [0.5, 0.6) is 5.75 Å². The Labute approximate surface area is 93.5 Å². The van der Waals surface area contributed by atoms with Crippen LogP contribution in [-0.2, 0) is 0 Å². The molecule has 0 unspecified atom stereocenters. The van der Waals surface area contributed by atoms with E-state index in [0.717, 1.165) is 28.0 Å². The van der Waals surface area contributed by atoms with E-state index in [4.69, 9.17) is 4.74 Å². The van der Waals surface area contributed by atoms with E-state index in [9.17, 15) is 4.79 Å². The molecule has 0 spiro atoms. The monoisotopic (exact) mass is 216 g/mol. The summed E-state index contributed by atoms with van der Waals surface area (Å²) in [4.78, 5) is 12.1. The average molecular weight is 216 g/mol. The average Bonchev–Trinajstić information content (AvgIpc) is 2.64. The Morgan fingerprint density at radius 2 is 1.56 bits per heavy atom. The van der Waals surface area contributed by atoms with Gasteiger partial charge in [0.15, 0.2) is 5.78 Å². The summed E-state index contributed by atoms with van der Waals surface area (Å²) in [5, 5.41) is 0. The Morgan fingerprint density at radius 1 is 0.875 bits per heavy atom. The minimum atomic E-state index is 0.0875. The maximum atomic E-state index is 12.1. The largest absolute Gasteiger partial charge is 0.496 e. The number of benzene rings is 2. The van der Waals surface area contributed by atoms with Crippen LogP contribution in [0.25, 0.3) is 11.1 Å². The van der Waals surface area contributed by atoms with Crippen LogP contribution in [-0.4, -0.2) is 12.9 Å². The van der Waals surface area contributed by atoms with E-state index in [-0.39, 0.29) is 5.78 Å². The van der Waals surface area contributed by atoms with Gasteiger partial charge in [-0.05, 0) is 11.6 Å². The standard InChI is InChI=1S/C14H10O2/c1-16-12-8-4-7-11-13(12)9-5-2-3-6-10(9)14(11)15/h2-8H,1H3/i2+1,3+1,5+1,6+1,9+1,10+1. The highest BCUT2D eigenvalue weighted by molar-refractivity contribution is 6.22. The molecule has 2 heteroatoms. The SMILES string of the molecule is COc1cccc2c1-[13c]1[13cH][13cH][13cH][13cH][13c]1C2=O. The first kappa shape index (κ1) is 9.16. The molecule has 0 radical (unpaired) electrons. The highest BCUT2D eigenvalue weighted by Crippen LogP contribution is 2.41. The second kappa shape index (κ2) is 3.20. The Morgan fingerprint density at radius 3 is 2.31 bits per heavy atom. The molecule has 0 bridgehead atoms. The molecule has 78 valence electrons. The molecule has 1 aliphatic rings. The summed E-state index contributed by atoms with van der Waals surface area (Å²) in [7, 11) is 1.63. The summed E-state index contributed by atoms with van der Waals surface area (Å²) < 4.78 is 5.31. The second-order valence-electron chi connectivity index (χ2n) is 3.76. The number of fused-ring (bicyclic) bond motifs is 3. The van der Waals surface area contributed by atoms with Crippen molar-refractivity contribution < 1.29 is 9.53 Å². The first-order valence-corrected chi connectivity index (χ1v) is 5.14. The molecule has 0 N–H and O–H groups in total. The van der Waals surface area contributed by atoms with E-state index in [0.29, 0.717) is 0 Å². The maximum absolute atomic E-state index is 12.1. The Bertz CT molecular complexity index is 585. The van der Waals surface area contributed by atoms with E-state index in [1.807, 2.05) is 42.5 Å². The lowest BCUT2D eigenvalue weighted by atomic mass is 10.1. The summed E-state index contributed by atoms with van der Waals surface area (Å²) >= 11 is 0. The third-order valence-corrected chi connectivity index (χ3v) is 2.93. The van der Waals surface area contributed by atoms with Crippen molar-refractivity contribution in [2.75, 3.05) is 7.11 Å². The molecule has 2 nitrogen and oxygen atoms in total. The molecule has 16 heavy (non-hydrogen) atoms. The fraction of sp³-hybridized carbons (Fsp3) is 0.0714. The number of ether oxygens (including phenoxy) is 1. The van der Waals surface area contributed by atoms with Crippen molar-refractivity contribution in [2.45, 2.75) is 0 Å². The molecule has 2 aromatic rings. The molecule has 1 aliphatic carbocycles. The van der Waals surface area contributed by atoms with Crippen molar-refractivity contribution >= 4 is 5.78 Å². The number of carbonyl (C=O) groups excluding carboxylic acids is 1. The fourth-order valence-corrected chi connectivity index (χ4v) is 2.21. The van der Waals surface area contributed by atoms with Gasteiger partial charge in [0.25, 0.3) is 0 Å². The van der Waals surface area contributed by atoms with E-state index in [1.165, 1.54) is 0 Å². The first-order chi connectivity index (χ1) is 7.83. The summed E-state index contributed by atoms with van der Waals surface area (Å²) in [6.07, 6.45) is 0. The van der Waals surface area contributed by atoms with Crippen molar-refractivity contribution in [3.05, 3.63) is 53.6 Å². The molecular weight excluding hydrogens is 206 g/mol. The van der Waals surface area contributed by atoms with Crippen molar-refractivity contribution in [3.8, 4) is 16.9 Å². The van der Waals surface area contributed by atoms with Gasteiger partial charge in [0.2, 0.25) is 0 Å². The minimum Gasteiger partial charge on any atom is -0.496 e. The lowest BCUT2D eigenvalue weighted by Gasteiger charge is -2.06. The summed E-state index contributed by atoms with van der Waals surface area (Å²) in [6.45, 7) is 0. The second-order valence-corrected chi connectivity index (χ2v) is 3.76. The minimum absolute atomic E-state index is 0.0875. The van der Waals surface area contributed by atoms with E-state index >= 15 is 0 Å². The number of hydrogen-bond donors (Lipinski definition) is 0. The van der Waals surface area contributed by atoms with Gasteiger partial charge in [0.05, 0.1) is 7.11 Å². The highest BCUT2D eigenvalue weighted by Gasteiger charge is 2.28. The molecule has 0 fully saturated rings. The fourth-order valence-electron chi connectivity index (χ4n) is 2.21. The summed E-state index contributed by atoms with van der Waals surface area (Å²) in [5.74, 6) is 0.848. The third-order valence-electron chi connectivity index (χ3n) is 2.93. The van der Waals surface area contributed by atoms with E-state index in [1.54, 1.807) is 7.11 Å². The molecule has 0 amide bonds. The molecule has 0 atom stereocenters. The summed E-state index contributed by atoms with van der Waals surface area (Å²) in [6, 6.07) is 13.2.